The Kier molecular flexibility index (Phi) is 7.51. The lowest BCUT2D eigenvalue weighted by atomic mass is 9.75. The van der Waals surface area contributed by atoms with Crippen LogP contribution in [0.5, 0.6) is 0 Å². The van der Waals surface area contributed by atoms with Crippen LogP contribution in [-0.2, 0) is 35.5 Å². The normalized spacial score (nSPS) is 21.3. The van der Waals surface area contributed by atoms with E-state index in [-0.39, 0.29) is 16.5 Å². The third-order valence-electron chi connectivity index (χ3n) is 8.44. The van der Waals surface area contributed by atoms with Crippen LogP contribution >= 0.6 is 0 Å². The number of methoxy groups -OCH3 is 1. The highest BCUT2D eigenvalue weighted by atomic mass is 19.4. The molecule has 0 unspecified atom stereocenters. The van der Waals surface area contributed by atoms with Gasteiger partial charge in [-0.1, -0.05) is 18.2 Å². The van der Waals surface area contributed by atoms with Crippen molar-refractivity contribution in [2.24, 2.45) is 0 Å². The number of carbonyl (C=O) groups is 1. The molecule has 6 nitrogen and oxygen atoms in total. The van der Waals surface area contributed by atoms with Gasteiger partial charge in [0.05, 0.1) is 40.6 Å². The van der Waals surface area contributed by atoms with Gasteiger partial charge < -0.3 is 23.4 Å². The molecule has 0 N–H and O–H groups in total. The number of ether oxygens (including phenoxy) is 1. The lowest BCUT2D eigenvalue weighted by molar-refractivity contribution is -0.137. The highest BCUT2D eigenvalue weighted by molar-refractivity contribution is 6.62. The highest BCUT2D eigenvalue weighted by Crippen LogP contribution is 2.42. The van der Waals surface area contributed by atoms with Crippen molar-refractivity contribution in [3.63, 3.8) is 0 Å². The van der Waals surface area contributed by atoms with Crippen LogP contribution in [-0.4, -0.2) is 49.7 Å². The maximum atomic E-state index is 16.3. The summed E-state index contributed by atoms with van der Waals surface area (Å²) < 4.78 is 103. The van der Waals surface area contributed by atoms with Gasteiger partial charge in [0.25, 0.3) is 5.92 Å². The van der Waals surface area contributed by atoms with E-state index >= 15 is 8.78 Å². The molecule has 2 aliphatic rings. The van der Waals surface area contributed by atoms with Crippen LogP contribution in [0.25, 0.3) is 0 Å². The molecule has 2 aromatic carbocycles. The van der Waals surface area contributed by atoms with Gasteiger partial charge in [0.2, 0.25) is 0 Å². The summed E-state index contributed by atoms with van der Waals surface area (Å²) in [6.07, 6.45) is -4.94. The van der Waals surface area contributed by atoms with Gasteiger partial charge in [0.1, 0.15) is 0 Å². The van der Waals surface area contributed by atoms with Gasteiger partial charge in [-0.2, -0.15) is 22.0 Å². The van der Waals surface area contributed by atoms with E-state index in [1.165, 1.54) is 6.07 Å². The van der Waals surface area contributed by atoms with Gasteiger partial charge in [-0.3, -0.25) is 0 Å². The van der Waals surface area contributed by atoms with Gasteiger partial charge in [0, 0.05) is 11.1 Å². The monoisotopic (exact) mass is 582 g/mol. The summed E-state index contributed by atoms with van der Waals surface area (Å²) in [5.41, 5.74) is -6.85. The Morgan fingerprint density at radius 2 is 1.00 bits per heavy atom. The van der Waals surface area contributed by atoms with Gasteiger partial charge in [-0.15, -0.1) is 0 Å². The molecular weight excluding hydrogens is 549 g/mol. The lowest BCUT2D eigenvalue weighted by Crippen LogP contribution is -2.41. The first-order chi connectivity index (χ1) is 18.5. The molecule has 0 bridgehead atoms. The van der Waals surface area contributed by atoms with E-state index in [1.54, 1.807) is 55.4 Å². The molecule has 2 aromatic rings. The van der Waals surface area contributed by atoms with E-state index in [0.29, 0.717) is 6.07 Å². The SMILES string of the molecule is COC(=O)c1cc(B2OC(C)(C)C(C)(C)O2)cc(C(F)(F)c2cc(B3OC(C)(C)C(C)(C)O3)cc(C(F)(F)F)c2)c1. The maximum absolute atomic E-state index is 16.3. The largest absolute Gasteiger partial charge is 0.494 e. The summed E-state index contributed by atoms with van der Waals surface area (Å²) in [7, 11) is -1.36. The Bertz CT molecular complexity index is 1320. The van der Waals surface area contributed by atoms with E-state index in [9.17, 15) is 18.0 Å². The molecule has 0 saturated carbocycles. The van der Waals surface area contributed by atoms with Crippen molar-refractivity contribution >= 4 is 31.1 Å². The molecule has 2 saturated heterocycles. The standard InChI is InChI=1S/C28H33B2F5O6/c1-23(2)24(3,4)39-29(38-23)20-11-16(22(36)37-9)10-17(13-20)27(31,32)18-12-19(28(33,34)35)15-21(14-18)30-40-25(5,6)26(7,8)41-30/h10-15H,1-9H3. The fourth-order valence-electron chi connectivity index (χ4n) is 4.46. The molecule has 2 heterocycles. The summed E-state index contributed by atoms with van der Waals surface area (Å²) in [5.74, 6) is -4.91. The van der Waals surface area contributed by atoms with Crippen molar-refractivity contribution < 1.29 is 50.1 Å². The van der Waals surface area contributed by atoms with E-state index in [0.717, 1.165) is 31.4 Å². The Labute approximate surface area is 237 Å². The van der Waals surface area contributed by atoms with E-state index < -0.39 is 71.4 Å². The van der Waals surface area contributed by atoms with Crippen molar-refractivity contribution in [1.82, 2.24) is 0 Å². The molecule has 0 atom stereocenters. The van der Waals surface area contributed by atoms with E-state index in [1.807, 2.05) is 0 Å². The van der Waals surface area contributed by atoms with Gasteiger partial charge >= 0.3 is 26.4 Å². The van der Waals surface area contributed by atoms with Crippen LogP contribution < -0.4 is 10.9 Å². The molecule has 2 aliphatic heterocycles. The second-order valence-electron chi connectivity index (χ2n) is 12.4. The predicted octanol–water partition coefficient (Wildman–Crippen LogP) is 5.23. The highest BCUT2D eigenvalue weighted by Gasteiger charge is 2.54. The second kappa shape index (κ2) is 9.79. The van der Waals surface area contributed by atoms with Gasteiger partial charge in [0.15, 0.2) is 0 Å². The number of esters is 1. The minimum Gasteiger partial charge on any atom is -0.465 e. The second-order valence-corrected chi connectivity index (χ2v) is 12.4. The molecule has 4 rings (SSSR count). The van der Waals surface area contributed by atoms with E-state index in [4.69, 9.17) is 23.4 Å². The molecule has 0 amide bonds. The Morgan fingerprint density at radius 1 is 0.634 bits per heavy atom. The Balaban J connectivity index is 1.86. The summed E-state index contributed by atoms with van der Waals surface area (Å²) in [4.78, 5) is 12.5. The Morgan fingerprint density at radius 3 is 1.39 bits per heavy atom. The smallest absolute Gasteiger partial charge is 0.465 e. The fraction of sp³-hybridized carbons (Fsp3) is 0.536. The summed E-state index contributed by atoms with van der Waals surface area (Å²) in [5, 5.41) is 0. The van der Waals surface area contributed by atoms with Crippen LogP contribution in [0.1, 0.15) is 82.4 Å². The first kappa shape index (κ1) is 31.5. The number of alkyl halides is 5. The Hall–Kier alpha value is -2.47. The van der Waals surface area contributed by atoms with Crippen molar-refractivity contribution in [3.05, 3.63) is 58.7 Å². The summed E-state index contributed by atoms with van der Waals surface area (Å²) in [6, 6.07) is 5.29. The molecule has 2 fully saturated rings. The lowest BCUT2D eigenvalue weighted by Gasteiger charge is -2.32. The van der Waals surface area contributed by atoms with Gasteiger partial charge in [-0.25, -0.2) is 4.79 Å². The van der Waals surface area contributed by atoms with Crippen molar-refractivity contribution in [2.45, 2.75) is 89.9 Å². The zero-order chi connectivity index (χ0) is 31.0. The maximum Gasteiger partial charge on any atom is 0.494 e. The third kappa shape index (κ3) is 5.66. The number of benzene rings is 2. The minimum atomic E-state index is -4.94. The molecule has 222 valence electrons. The number of rotatable bonds is 5. The van der Waals surface area contributed by atoms with Crippen molar-refractivity contribution in [2.75, 3.05) is 7.11 Å². The summed E-state index contributed by atoms with van der Waals surface area (Å²) >= 11 is 0. The number of hydrogen-bond donors (Lipinski definition) is 0. The molecule has 41 heavy (non-hydrogen) atoms. The molecule has 0 radical (unpaired) electrons. The zero-order valence-corrected chi connectivity index (χ0v) is 24.5. The van der Waals surface area contributed by atoms with Gasteiger partial charge in [-0.05, 0) is 84.5 Å². The van der Waals surface area contributed by atoms with Crippen LogP contribution in [0.15, 0.2) is 36.4 Å². The minimum absolute atomic E-state index is 0.0828. The molecule has 0 spiro atoms. The van der Waals surface area contributed by atoms with Crippen LogP contribution in [0.4, 0.5) is 22.0 Å². The quantitative estimate of drug-likeness (QED) is 0.274. The first-order valence-electron chi connectivity index (χ1n) is 13.1. The van der Waals surface area contributed by atoms with E-state index in [2.05, 4.69) is 0 Å². The summed E-state index contributed by atoms with van der Waals surface area (Å²) in [6.45, 7) is 13.9. The topological polar surface area (TPSA) is 63.2 Å². The number of hydrogen-bond acceptors (Lipinski definition) is 6. The van der Waals surface area contributed by atoms with Crippen LogP contribution in [0.2, 0.25) is 0 Å². The predicted molar refractivity (Wildman–Crippen MR) is 144 cm³/mol. The van der Waals surface area contributed by atoms with Crippen LogP contribution in [0.3, 0.4) is 0 Å². The number of carbonyl (C=O) groups excluding carboxylic acids is 1. The molecule has 13 heteroatoms. The first-order valence-corrected chi connectivity index (χ1v) is 13.1. The zero-order valence-electron chi connectivity index (χ0n) is 24.5. The third-order valence-corrected chi connectivity index (χ3v) is 8.44. The average Bonchev–Trinajstić information content (AvgIpc) is 3.21. The fourth-order valence-corrected chi connectivity index (χ4v) is 4.46. The van der Waals surface area contributed by atoms with Crippen molar-refractivity contribution in [3.8, 4) is 0 Å². The molecule has 0 aromatic heterocycles. The van der Waals surface area contributed by atoms with Crippen molar-refractivity contribution in [1.29, 1.82) is 0 Å². The number of halogens is 5. The molecular formula is C28H33B2F5O6. The molecule has 0 aliphatic carbocycles. The van der Waals surface area contributed by atoms with Crippen LogP contribution in [0, 0.1) is 0 Å². The average molecular weight is 582 g/mol.